The van der Waals surface area contributed by atoms with Gasteiger partial charge in [0.1, 0.15) is 0 Å². The highest BCUT2D eigenvalue weighted by Crippen LogP contribution is 2.18. The largest absolute Gasteiger partial charge is 0.454 e. The number of rotatable bonds is 7. The summed E-state index contributed by atoms with van der Waals surface area (Å²) >= 11 is 0. The molecule has 2 aromatic rings. The molecular formula is C20H21NO8S2. The molecule has 0 amide bonds. The van der Waals surface area contributed by atoms with Gasteiger partial charge in [0.2, 0.25) is 10.0 Å². The van der Waals surface area contributed by atoms with Crippen LogP contribution in [0.15, 0.2) is 58.3 Å². The molecule has 3 rings (SSSR count). The minimum absolute atomic E-state index is 0.00248. The van der Waals surface area contributed by atoms with Crippen molar-refractivity contribution in [3.05, 3.63) is 59.7 Å². The molecule has 0 saturated carbocycles. The average molecular weight is 468 g/mol. The Labute approximate surface area is 180 Å². The molecule has 0 bridgehead atoms. The Morgan fingerprint density at radius 2 is 1.58 bits per heavy atom. The van der Waals surface area contributed by atoms with Gasteiger partial charge in [-0.25, -0.2) is 21.6 Å². The Kier molecular flexibility index (Phi) is 6.90. The molecular weight excluding hydrogens is 446 g/mol. The molecule has 0 atom stereocenters. The molecule has 0 radical (unpaired) electrons. The van der Waals surface area contributed by atoms with Crippen molar-refractivity contribution in [1.29, 1.82) is 0 Å². The minimum atomic E-state index is -3.67. The monoisotopic (exact) mass is 467 g/mol. The maximum Gasteiger partial charge on any atom is 0.338 e. The molecule has 0 unspecified atom stereocenters. The van der Waals surface area contributed by atoms with Crippen LogP contribution in [0, 0.1) is 0 Å². The number of nitrogens with zero attached hydrogens (tertiary/aromatic N) is 1. The summed E-state index contributed by atoms with van der Waals surface area (Å²) < 4.78 is 59.9. The van der Waals surface area contributed by atoms with Crippen molar-refractivity contribution < 1.29 is 35.9 Å². The fourth-order valence-corrected chi connectivity index (χ4v) is 4.98. The second kappa shape index (κ2) is 9.27. The quantitative estimate of drug-likeness (QED) is 0.439. The molecule has 0 N–H and O–H groups in total. The molecule has 1 saturated heterocycles. The van der Waals surface area contributed by atoms with Gasteiger partial charge in [-0.15, -0.1) is 0 Å². The van der Waals surface area contributed by atoms with Crippen LogP contribution < -0.4 is 0 Å². The highest BCUT2D eigenvalue weighted by molar-refractivity contribution is 7.90. The summed E-state index contributed by atoms with van der Waals surface area (Å²) in [4.78, 5) is 24.5. The van der Waals surface area contributed by atoms with Crippen molar-refractivity contribution in [3.63, 3.8) is 0 Å². The van der Waals surface area contributed by atoms with Gasteiger partial charge >= 0.3 is 5.97 Å². The lowest BCUT2D eigenvalue weighted by Crippen LogP contribution is -2.40. The zero-order chi connectivity index (χ0) is 22.6. The van der Waals surface area contributed by atoms with Gasteiger partial charge in [-0.2, -0.15) is 4.31 Å². The highest BCUT2D eigenvalue weighted by Gasteiger charge is 2.26. The van der Waals surface area contributed by atoms with Gasteiger partial charge in [0.15, 0.2) is 22.2 Å². The summed E-state index contributed by atoms with van der Waals surface area (Å²) in [5.41, 5.74) is 0.182. The topological polar surface area (TPSA) is 124 Å². The van der Waals surface area contributed by atoms with Gasteiger partial charge in [-0.05, 0) is 42.5 Å². The number of morpholine rings is 1. The third kappa shape index (κ3) is 5.56. The second-order valence-corrected chi connectivity index (χ2v) is 10.8. The lowest BCUT2D eigenvalue weighted by Gasteiger charge is -2.26. The van der Waals surface area contributed by atoms with Gasteiger partial charge in [0, 0.05) is 24.9 Å². The number of carbonyl (C=O) groups is 2. The molecule has 11 heteroatoms. The van der Waals surface area contributed by atoms with E-state index in [0.29, 0.717) is 13.2 Å². The van der Waals surface area contributed by atoms with Crippen molar-refractivity contribution in [1.82, 2.24) is 4.31 Å². The van der Waals surface area contributed by atoms with Gasteiger partial charge in [-0.3, -0.25) is 4.79 Å². The number of ketones is 1. The van der Waals surface area contributed by atoms with Crippen LogP contribution in [0.2, 0.25) is 0 Å². The van der Waals surface area contributed by atoms with Crippen molar-refractivity contribution in [3.8, 4) is 0 Å². The van der Waals surface area contributed by atoms with Crippen LogP contribution in [-0.2, 0) is 29.3 Å². The summed E-state index contributed by atoms with van der Waals surface area (Å²) in [6, 6.07) is 10.7. The maximum atomic E-state index is 12.6. The number of esters is 1. The van der Waals surface area contributed by atoms with Gasteiger partial charge < -0.3 is 9.47 Å². The zero-order valence-electron chi connectivity index (χ0n) is 16.7. The van der Waals surface area contributed by atoms with E-state index < -0.39 is 38.2 Å². The fourth-order valence-electron chi connectivity index (χ4n) is 2.90. The predicted molar refractivity (Wildman–Crippen MR) is 110 cm³/mol. The molecule has 0 aliphatic carbocycles. The first-order chi connectivity index (χ1) is 14.6. The Hall–Kier alpha value is -2.60. The van der Waals surface area contributed by atoms with E-state index in [1.165, 1.54) is 52.8 Å². The van der Waals surface area contributed by atoms with E-state index in [9.17, 15) is 26.4 Å². The molecule has 1 aliphatic rings. The third-order valence-electron chi connectivity index (χ3n) is 4.62. The first-order valence-electron chi connectivity index (χ1n) is 9.27. The van der Waals surface area contributed by atoms with Crippen molar-refractivity contribution in [2.75, 3.05) is 39.2 Å². The fraction of sp³-hybridized carbons (Fsp3) is 0.300. The number of benzene rings is 2. The standard InChI is InChI=1S/C20H21NO8S2/c1-30(24,25)18-4-2-3-16(13-18)20(23)29-14-19(22)15-5-7-17(8-6-15)31(26,27)21-9-11-28-12-10-21/h2-8,13H,9-12,14H2,1H3. The van der Waals surface area contributed by atoms with Crippen LogP contribution in [0.4, 0.5) is 0 Å². The lowest BCUT2D eigenvalue weighted by atomic mass is 10.1. The Morgan fingerprint density at radius 3 is 2.19 bits per heavy atom. The number of sulfone groups is 1. The van der Waals surface area contributed by atoms with E-state index in [1.54, 1.807) is 0 Å². The van der Waals surface area contributed by atoms with Crippen molar-refractivity contribution in [2.45, 2.75) is 9.79 Å². The van der Waals surface area contributed by atoms with E-state index in [-0.39, 0.29) is 34.0 Å². The van der Waals surface area contributed by atoms with E-state index in [2.05, 4.69) is 0 Å². The number of sulfonamides is 1. The SMILES string of the molecule is CS(=O)(=O)c1cccc(C(=O)OCC(=O)c2ccc(S(=O)(=O)N3CCOCC3)cc2)c1. The zero-order valence-corrected chi connectivity index (χ0v) is 18.3. The molecule has 1 aliphatic heterocycles. The van der Waals surface area contributed by atoms with Crippen LogP contribution in [0.1, 0.15) is 20.7 Å². The number of carbonyl (C=O) groups excluding carboxylic acids is 2. The lowest BCUT2D eigenvalue weighted by molar-refractivity contribution is 0.0474. The molecule has 0 aromatic heterocycles. The predicted octanol–water partition coefficient (Wildman–Crippen LogP) is 1.15. The molecule has 166 valence electrons. The maximum absolute atomic E-state index is 12.6. The van der Waals surface area contributed by atoms with Crippen LogP contribution in [0.25, 0.3) is 0 Å². The number of hydrogen-bond acceptors (Lipinski definition) is 8. The summed E-state index contributed by atoms with van der Waals surface area (Å²) in [5, 5.41) is 0. The van der Waals surface area contributed by atoms with Crippen LogP contribution in [0.3, 0.4) is 0 Å². The average Bonchev–Trinajstić information content (AvgIpc) is 2.77. The smallest absolute Gasteiger partial charge is 0.338 e. The number of Topliss-reactive ketones (excluding diaryl/α,β-unsaturated/α-hetero) is 1. The third-order valence-corrected chi connectivity index (χ3v) is 7.64. The van der Waals surface area contributed by atoms with E-state index in [4.69, 9.17) is 9.47 Å². The van der Waals surface area contributed by atoms with E-state index in [1.807, 2.05) is 0 Å². The molecule has 1 fully saturated rings. The number of ether oxygens (including phenoxy) is 2. The molecule has 31 heavy (non-hydrogen) atoms. The van der Waals surface area contributed by atoms with Crippen molar-refractivity contribution >= 4 is 31.6 Å². The normalized spacial score (nSPS) is 15.4. The van der Waals surface area contributed by atoms with Crippen molar-refractivity contribution in [2.24, 2.45) is 0 Å². The summed E-state index contributed by atoms with van der Waals surface area (Å²) in [6.07, 6.45) is 1.02. The van der Waals surface area contributed by atoms with Crippen LogP contribution in [-0.4, -0.2) is 72.1 Å². The summed E-state index contributed by atoms with van der Waals surface area (Å²) in [7, 11) is -7.17. The summed E-state index contributed by atoms with van der Waals surface area (Å²) in [6.45, 7) is 0.610. The number of hydrogen-bond donors (Lipinski definition) is 0. The van der Waals surface area contributed by atoms with E-state index in [0.717, 1.165) is 6.26 Å². The first-order valence-corrected chi connectivity index (χ1v) is 12.6. The molecule has 9 nitrogen and oxygen atoms in total. The molecule has 1 heterocycles. The first kappa shape index (κ1) is 23.1. The van der Waals surface area contributed by atoms with Crippen LogP contribution in [0.5, 0.6) is 0 Å². The Balaban J connectivity index is 1.64. The molecule has 0 spiro atoms. The molecule has 2 aromatic carbocycles. The van der Waals surface area contributed by atoms with Gasteiger partial charge in [0.05, 0.1) is 28.6 Å². The second-order valence-electron chi connectivity index (χ2n) is 6.84. The van der Waals surface area contributed by atoms with Gasteiger partial charge in [0.25, 0.3) is 0 Å². The van der Waals surface area contributed by atoms with Crippen LogP contribution >= 0.6 is 0 Å². The van der Waals surface area contributed by atoms with E-state index >= 15 is 0 Å². The highest BCUT2D eigenvalue weighted by atomic mass is 32.2. The Bertz CT molecular complexity index is 1180. The minimum Gasteiger partial charge on any atom is -0.454 e. The van der Waals surface area contributed by atoms with Gasteiger partial charge in [-0.1, -0.05) is 6.07 Å². The Morgan fingerprint density at radius 1 is 0.935 bits per heavy atom. The summed E-state index contributed by atoms with van der Waals surface area (Å²) in [5.74, 6) is -1.37.